The molecule has 4 heterocycles. The van der Waals surface area contributed by atoms with Gasteiger partial charge in [-0.05, 0) is 86.2 Å². The summed E-state index contributed by atoms with van der Waals surface area (Å²) in [5.74, 6) is 1.45. The lowest BCUT2D eigenvalue weighted by Crippen LogP contribution is -2.46. The van der Waals surface area contributed by atoms with E-state index in [1.807, 2.05) is 45.0 Å². The van der Waals surface area contributed by atoms with Crippen molar-refractivity contribution in [2.45, 2.75) is 73.5 Å². The predicted molar refractivity (Wildman–Crippen MR) is 210 cm³/mol. The highest BCUT2D eigenvalue weighted by Crippen LogP contribution is 2.39. The fourth-order valence-electron chi connectivity index (χ4n) is 5.95. The third kappa shape index (κ3) is 11.2. The Balaban J connectivity index is 0.000000209. The molecule has 0 amide bonds. The number of benzene rings is 3. The largest absolute Gasteiger partial charge is 0.494 e. The summed E-state index contributed by atoms with van der Waals surface area (Å²) in [6, 6.07) is 19.9. The molecular formula is C41H56F2N8O3. The van der Waals surface area contributed by atoms with Gasteiger partial charge in [-0.1, -0.05) is 47.6 Å². The van der Waals surface area contributed by atoms with Crippen molar-refractivity contribution in [3.63, 3.8) is 0 Å². The topological polar surface area (TPSA) is 106 Å². The normalized spacial score (nSPS) is 16.6. The van der Waals surface area contributed by atoms with Crippen LogP contribution in [-0.4, -0.2) is 68.9 Å². The number of anilines is 2. The summed E-state index contributed by atoms with van der Waals surface area (Å²) in [5, 5.41) is 10.2. The van der Waals surface area contributed by atoms with Crippen LogP contribution in [0.15, 0.2) is 90.5 Å². The van der Waals surface area contributed by atoms with Gasteiger partial charge in [0.25, 0.3) is 0 Å². The van der Waals surface area contributed by atoms with E-state index in [2.05, 4.69) is 82.0 Å². The van der Waals surface area contributed by atoms with Gasteiger partial charge in [0.15, 0.2) is 0 Å². The molecule has 13 heteroatoms. The van der Waals surface area contributed by atoms with Gasteiger partial charge in [-0.25, -0.2) is 32.9 Å². The Hall–Kier alpha value is -5.04. The fraction of sp³-hybridized carbons (Fsp3) is 0.463. The summed E-state index contributed by atoms with van der Waals surface area (Å²) in [5.41, 5.74) is 2.57. The van der Waals surface area contributed by atoms with E-state index in [-0.39, 0.29) is 5.69 Å². The Morgan fingerprint density at radius 3 is 1.91 bits per heavy atom. The van der Waals surface area contributed by atoms with E-state index in [1.165, 1.54) is 40.7 Å². The molecule has 292 valence electrons. The average Bonchev–Trinajstić information content (AvgIpc) is 3.98. The van der Waals surface area contributed by atoms with Crippen molar-refractivity contribution in [2.75, 3.05) is 49.2 Å². The summed E-state index contributed by atoms with van der Waals surface area (Å²) in [6.07, 6.45) is 5.99. The quantitative estimate of drug-likeness (QED) is 0.163. The van der Waals surface area contributed by atoms with Crippen molar-refractivity contribution in [1.82, 2.24) is 29.5 Å². The van der Waals surface area contributed by atoms with Crippen LogP contribution in [0.25, 0.3) is 5.69 Å². The molecule has 2 aliphatic heterocycles. The van der Waals surface area contributed by atoms with Crippen LogP contribution in [0, 0.1) is 23.5 Å². The average molecular weight is 747 g/mol. The van der Waals surface area contributed by atoms with E-state index < -0.39 is 17.2 Å². The van der Waals surface area contributed by atoms with Gasteiger partial charge in [0.1, 0.15) is 42.0 Å². The molecule has 0 spiro atoms. The first-order valence-electron chi connectivity index (χ1n) is 19.0. The molecule has 1 atom stereocenters. The summed E-state index contributed by atoms with van der Waals surface area (Å²) in [4.78, 5) is 20.3. The van der Waals surface area contributed by atoms with Gasteiger partial charge < -0.3 is 19.3 Å². The third-order valence-corrected chi connectivity index (χ3v) is 9.58. The van der Waals surface area contributed by atoms with Crippen molar-refractivity contribution in [3.8, 4) is 11.4 Å². The Morgan fingerprint density at radius 2 is 1.44 bits per heavy atom. The Morgan fingerprint density at radius 1 is 0.852 bits per heavy atom. The molecular weight excluding hydrogens is 690 g/mol. The standard InChI is InChI=1S/C20H23N5O2.C13H13F2N3O.C6H14.C2H6/c1-2-27-19-9-7-17(8-10-19)24-13-11-23(12-14-24)16-3-5-18(6-4-16)25-15-21-22-20(25)26;14-10-2-3-11(12(15)6-10)13(4-1-5-19-13)7-18-9-16-8-17-18;1-5(2)6(3)4;1-2/h3-10,15H,2,11-14H2,1H3,(H,22,26);2-3,6,8-9H,1,4-5,7H2;5-6H,1-4H3;1-2H3/t;13-;;/m.0../s1. The van der Waals surface area contributed by atoms with Gasteiger partial charge in [0, 0.05) is 55.8 Å². The number of nitrogens with zero attached hydrogens (tertiary/aromatic N) is 7. The predicted octanol–water partition coefficient (Wildman–Crippen LogP) is 7.87. The van der Waals surface area contributed by atoms with Gasteiger partial charge in [0.2, 0.25) is 0 Å². The Labute approximate surface area is 317 Å². The number of hydrogen-bond acceptors (Lipinski definition) is 8. The highest BCUT2D eigenvalue weighted by molar-refractivity contribution is 5.54. The van der Waals surface area contributed by atoms with Crippen molar-refractivity contribution >= 4 is 11.4 Å². The lowest BCUT2D eigenvalue weighted by molar-refractivity contribution is -0.0197. The van der Waals surface area contributed by atoms with E-state index in [0.717, 1.165) is 61.9 Å². The second-order valence-corrected chi connectivity index (χ2v) is 13.6. The van der Waals surface area contributed by atoms with Crippen molar-refractivity contribution in [3.05, 3.63) is 113 Å². The Kier molecular flexibility index (Phi) is 15.8. The molecule has 2 saturated heterocycles. The minimum absolute atomic E-state index is 0.230. The molecule has 3 aromatic carbocycles. The minimum atomic E-state index is -0.786. The molecule has 2 fully saturated rings. The number of H-pyrrole nitrogens is 1. The highest BCUT2D eigenvalue weighted by Gasteiger charge is 2.40. The van der Waals surface area contributed by atoms with Crippen LogP contribution in [0.1, 0.15) is 66.9 Å². The molecule has 0 bridgehead atoms. The highest BCUT2D eigenvalue weighted by atomic mass is 19.1. The number of hydrogen-bond donors (Lipinski definition) is 1. The fourth-order valence-corrected chi connectivity index (χ4v) is 5.95. The van der Waals surface area contributed by atoms with Gasteiger partial charge in [-0.15, -0.1) is 0 Å². The van der Waals surface area contributed by atoms with Crippen molar-refractivity contribution < 1.29 is 18.3 Å². The van der Waals surface area contributed by atoms with E-state index in [4.69, 9.17) is 9.47 Å². The molecule has 1 N–H and O–H groups in total. The maximum Gasteiger partial charge on any atom is 0.347 e. The zero-order valence-corrected chi connectivity index (χ0v) is 32.7. The first kappa shape index (κ1) is 41.7. The second-order valence-electron chi connectivity index (χ2n) is 13.6. The molecule has 0 aliphatic carbocycles. The maximum absolute atomic E-state index is 14.0. The molecule has 2 aliphatic rings. The first-order chi connectivity index (χ1) is 26.1. The third-order valence-electron chi connectivity index (χ3n) is 9.58. The molecule has 0 radical (unpaired) electrons. The number of nitrogens with one attached hydrogen (secondary N) is 1. The molecule has 54 heavy (non-hydrogen) atoms. The smallest absolute Gasteiger partial charge is 0.347 e. The number of aromatic amines is 1. The van der Waals surface area contributed by atoms with E-state index in [9.17, 15) is 13.6 Å². The van der Waals surface area contributed by atoms with E-state index in [0.29, 0.717) is 31.7 Å². The van der Waals surface area contributed by atoms with Crippen molar-refractivity contribution in [2.24, 2.45) is 11.8 Å². The zero-order valence-electron chi connectivity index (χ0n) is 32.7. The lowest BCUT2D eigenvalue weighted by atomic mass is 9.90. The van der Waals surface area contributed by atoms with Crippen LogP contribution in [0.3, 0.4) is 0 Å². The van der Waals surface area contributed by atoms with Crippen LogP contribution in [0.2, 0.25) is 0 Å². The van der Waals surface area contributed by atoms with Crippen LogP contribution < -0.4 is 20.2 Å². The number of piperazine rings is 1. The number of aromatic nitrogens is 6. The zero-order chi connectivity index (χ0) is 39.1. The second kappa shape index (κ2) is 20.4. The lowest BCUT2D eigenvalue weighted by Gasteiger charge is -2.37. The molecule has 7 rings (SSSR count). The first-order valence-corrected chi connectivity index (χ1v) is 19.0. The SMILES string of the molecule is CC.CC(C)C(C)C.CCOc1ccc(N2CCN(c3ccc(-n4cn[nH]c4=O)cc3)CC2)cc1.Fc1ccc([C@@]2(Cn3cncn3)CCCO2)c(F)c1. The molecule has 11 nitrogen and oxygen atoms in total. The van der Waals surface area contributed by atoms with E-state index in [1.54, 1.807) is 11.0 Å². The molecule has 0 saturated carbocycles. The molecule has 0 unspecified atom stereocenters. The van der Waals surface area contributed by atoms with Gasteiger partial charge in [0.05, 0.1) is 18.8 Å². The number of halogens is 2. The van der Waals surface area contributed by atoms with Crippen LogP contribution >= 0.6 is 0 Å². The summed E-state index contributed by atoms with van der Waals surface area (Å²) in [7, 11) is 0. The monoisotopic (exact) mass is 746 g/mol. The van der Waals surface area contributed by atoms with E-state index >= 15 is 0 Å². The summed E-state index contributed by atoms with van der Waals surface area (Å²) < 4.78 is 41.4. The summed E-state index contributed by atoms with van der Waals surface area (Å²) >= 11 is 0. The summed E-state index contributed by atoms with van der Waals surface area (Å²) in [6.45, 7) is 20.4. The van der Waals surface area contributed by atoms with Gasteiger partial charge in [-0.2, -0.15) is 10.2 Å². The Bertz CT molecular complexity index is 1840. The van der Waals surface area contributed by atoms with Crippen LogP contribution in [0.4, 0.5) is 20.2 Å². The molecule has 2 aromatic heterocycles. The van der Waals surface area contributed by atoms with Crippen molar-refractivity contribution in [1.29, 1.82) is 0 Å². The van der Waals surface area contributed by atoms with Crippen LogP contribution in [0.5, 0.6) is 5.75 Å². The maximum atomic E-state index is 14.0. The van der Waals surface area contributed by atoms with Gasteiger partial charge >= 0.3 is 5.69 Å². The van der Waals surface area contributed by atoms with Crippen LogP contribution in [-0.2, 0) is 16.9 Å². The van der Waals surface area contributed by atoms with Gasteiger partial charge in [-0.3, -0.25) is 0 Å². The number of ether oxygens (including phenoxy) is 2. The number of rotatable bonds is 9. The molecule has 5 aromatic rings. The minimum Gasteiger partial charge on any atom is -0.494 e.